The van der Waals surface area contributed by atoms with Gasteiger partial charge in [-0.05, 0) is 24.7 Å². The summed E-state index contributed by atoms with van der Waals surface area (Å²) in [5.41, 5.74) is 11.5. The van der Waals surface area contributed by atoms with Gasteiger partial charge in [-0.25, -0.2) is 0 Å². The van der Waals surface area contributed by atoms with E-state index in [9.17, 15) is 9.59 Å². The molecule has 0 aliphatic carbocycles. The Bertz CT molecular complexity index is 410. The van der Waals surface area contributed by atoms with Crippen molar-refractivity contribution in [1.29, 1.82) is 0 Å². The summed E-state index contributed by atoms with van der Waals surface area (Å²) in [5.74, 6) is -0.376. The molecule has 0 saturated carbocycles. The van der Waals surface area contributed by atoms with E-state index in [1.807, 2.05) is 0 Å². The van der Waals surface area contributed by atoms with Gasteiger partial charge in [0.25, 0.3) is 0 Å². The van der Waals surface area contributed by atoms with Gasteiger partial charge < -0.3 is 16.4 Å². The Morgan fingerprint density at radius 3 is 2.57 bits per heavy atom. The van der Waals surface area contributed by atoms with Gasteiger partial charge in [0, 0.05) is 32.2 Å². The fourth-order valence-corrected chi connectivity index (χ4v) is 3.35. The molecule has 6 heteroatoms. The number of piperidine rings is 2. The second kappa shape index (κ2) is 6.32. The summed E-state index contributed by atoms with van der Waals surface area (Å²) in [4.78, 5) is 27.7. The highest BCUT2D eigenvalue weighted by Gasteiger charge is 2.35. The van der Waals surface area contributed by atoms with Crippen LogP contribution in [0.15, 0.2) is 0 Å². The molecule has 0 aromatic carbocycles. The molecule has 0 aromatic heterocycles. The number of carbonyl (C=O) groups excluding carboxylic acids is 2. The highest BCUT2D eigenvalue weighted by atomic mass is 16.2. The van der Waals surface area contributed by atoms with Gasteiger partial charge in [0.15, 0.2) is 0 Å². The highest BCUT2D eigenvalue weighted by molar-refractivity contribution is 5.81. The van der Waals surface area contributed by atoms with Crippen molar-refractivity contribution in [3.05, 3.63) is 0 Å². The van der Waals surface area contributed by atoms with Crippen LogP contribution in [-0.2, 0) is 9.59 Å². The van der Waals surface area contributed by atoms with Gasteiger partial charge in [0.2, 0.25) is 11.8 Å². The predicted molar refractivity (Wildman–Crippen MR) is 81.3 cm³/mol. The zero-order valence-electron chi connectivity index (χ0n) is 13.2. The van der Waals surface area contributed by atoms with Crippen LogP contribution in [0.2, 0.25) is 0 Å². The number of likely N-dealkylation sites (tertiary alicyclic amines) is 2. The lowest BCUT2D eigenvalue weighted by Crippen LogP contribution is -2.55. The van der Waals surface area contributed by atoms with Crippen molar-refractivity contribution in [2.24, 2.45) is 22.8 Å². The van der Waals surface area contributed by atoms with Crippen LogP contribution in [0.3, 0.4) is 0 Å². The van der Waals surface area contributed by atoms with Crippen molar-refractivity contribution >= 4 is 11.8 Å². The Morgan fingerprint density at radius 1 is 1.24 bits per heavy atom. The molecule has 2 fully saturated rings. The third kappa shape index (κ3) is 3.95. The van der Waals surface area contributed by atoms with Crippen molar-refractivity contribution in [2.45, 2.75) is 39.2 Å². The summed E-state index contributed by atoms with van der Waals surface area (Å²) in [6.07, 6.45) is 2.57. The first-order valence-electron chi connectivity index (χ1n) is 7.84. The van der Waals surface area contributed by atoms with E-state index >= 15 is 0 Å². The smallest absolute Gasteiger partial charge is 0.236 e. The molecule has 6 nitrogen and oxygen atoms in total. The van der Waals surface area contributed by atoms with Crippen molar-refractivity contribution < 1.29 is 9.59 Å². The molecule has 2 rings (SSSR count). The number of rotatable bonds is 3. The topological polar surface area (TPSA) is 92.7 Å². The van der Waals surface area contributed by atoms with Crippen LogP contribution in [0.1, 0.15) is 33.1 Å². The van der Waals surface area contributed by atoms with Gasteiger partial charge in [-0.1, -0.05) is 13.8 Å². The van der Waals surface area contributed by atoms with E-state index < -0.39 is 0 Å². The van der Waals surface area contributed by atoms with Gasteiger partial charge in [-0.3, -0.25) is 14.5 Å². The molecule has 0 bridgehead atoms. The van der Waals surface area contributed by atoms with Crippen LogP contribution in [-0.4, -0.2) is 60.4 Å². The highest BCUT2D eigenvalue weighted by Crippen LogP contribution is 2.27. The number of hydrogen-bond donors (Lipinski definition) is 2. The SMILES string of the molecule is CC1(C)CN(CC(=O)N2CCCC(C(N)=O)C2)CCC1N. The van der Waals surface area contributed by atoms with Gasteiger partial charge in [0.1, 0.15) is 0 Å². The maximum absolute atomic E-state index is 12.4. The first-order chi connectivity index (χ1) is 9.79. The summed E-state index contributed by atoms with van der Waals surface area (Å²) in [5, 5.41) is 0. The lowest BCUT2D eigenvalue weighted by atomic mass is 9.80. The number of primary amides is 1. The van der Waals surface area contributed by atoms with E-state index in [0.29, 0.717) is 13.1 Å². The molecule has 21 heavy (non-hydrogen) atoms. The van der Waals surface area contributed by atoms with Crippen molar-refractivity contribution in [3.63, 3.8) is 0 Å². The average Bonchev–Trinajstić information content (AvgIpc) is 2.42. The predicted octanol–water partition coefficient (Wildman–Crippen LogP) is -0.230. The lowest BCUT2D eigenvalue weighted by Gasteiger charge is -2.43. The first-order valence-corrected chi connectivity index (χ1v) is 7.84. The first kappa shape index (κ1) is 16.2. The minimum atomic E-state index is -0.294. The Hall–Kier alpha value is -1.14. The molecule has 120 valence electrons. The molecule has 2 saturated heterocycles. The summed E-state index contributed by atoms with van der Waals surface area (Å²) in [6, 6.07) is 0.193. The number of hydrogen-bond acceptors (Lipinski definition) is 4. The zero-order chi connectivity index (χ0) is 15.6. The Balaban J connectivity index is 1.88. The molecule has 2 aliphatic heterocycles. The quantitative estimate of drug-likeness (QED) is 0.752. The number of carbonyl (C=O) groups is 2. The molecule has 2 aliphatic rings. The second-order valence-electron chi connectivity index (χ2n) is 7.18. The Kier molecular flexibility index (Phi) is 4.88. The van der Waals surface area contributed by atoms with Crippen LogP contribution < -0.4 is 11.5 Å². The Labute approximate surface area is 126 Å². The second-order valence-corrected chi connectivity index (χ2v) is 7.18. The summed E-state index contributed by atoms with van der Waals surface area (Å²) >= 11 is 0. The number of amides is 2. The van der Waals surface area contributed by atoms with Crippen molar-refractivity contribution in [1.82, 2.24) is 9.80 Å². The fraction of sp³-hybridized carbons (Fsp3) is 0.867. The lowest BCUT2D eigenvalue weighted by molar-refractivity contribution is -0.136. The monoisotopic (exact) mass is 296 g/mol. The van der Waals surface area contributed by atoms with Gasteiger partial charge in [-0.15, -0.1) is 0 Å². The summed E-state index contributed by atoms with van der Waals surface area (Å²) in [6.45, 7) is 7.64. The van der Waals surface area contributed by atoms with E-state index in [1.165, 1.54) is 0 Å². The Morgan fingerprint density at radius 2 is 1.95 bits per heavy atom. The van der Waals surface area contributed by atoms with Crippen LogP contribution in [0, 0.1) is 11.3 Å². The maximum atomic E-state index is 12.4. The molecular weight excluding hydrogens is 268 g/mol. The van der Waals surface area contributed by atoms with Crippen LogP contribution >= 0.6 is 0 Å². The normalized spacial score (nSPS) is 30.1. The molecule has 2 atom stereocenters. The minimum absolute atomic E-state index is 0.0379. The average molecular weight is 296 g/mol. The molecule has 0 aromatic rings. The molecule has 2 unspecified atom stereocenters. The largest absolute Gasteiger partial charge is 0.369 e. The van der Waals surface area contributed by atoms with E-state index in [2.05, 4.69) is 18.7 Å². The number of nitrogens with zero attached hydrogens (tertiary/aromatic N) is 2. The van der Waals surface area contributed by atoms with Gasteiger partial charge >= 0.3 is 0 Å². The third-order valence-corrected chi connectivity index (χ3v) is 4.93. The molecule has 0 spiro atoms. The maximum Gasteiger partial charge on any atom is 0.236 e. The molecule has 0 radical (unpaired) electrons. The van der Waals surface area contributed by atoms with Gasteiger partial charge in [-0.2, -0.15) is 0 Å². The van der Waals surface area contributed by atoms with Crippen molar-refractivity contribution in [2.75, 3.05) is 32.7 Å². The van der Waals surface area contributed by atoms with E-state index in [-0.39, 0.29) is 29.2 Å². The van der Waals surface area contributed by atoms with Crippen molar-refractivity contribution in [3.8, 4) is 0 Å². The van der Waals surface area contributed by atoms with Gasteiger partial charge in [0.05, 0.1) is 12.5 Å². The molecule has 2 amide bonds. The van der Waals surface area contributed by atoms with E-state index in [4.69, 9.17) is 11.5 Å². The van der Waals surface area contributed by atoms with E-state index in [0.717, 1.165) is 38.9 Å². The number of nitrogens with two attached hydrogens (primary N) is 2. The zero-order valence-corrected chi connectivity index (χ0v) is 13.2. The third-order valence-electron chi connectivity index (χ3n) is 4.93. The van der Waals surface area contributed by atoms with Crippen LogP contribution in [0.5, 0.6) is 0 Å². The summed E-state index contributed by atoms with van der Waals surface area (Å²) in [7, 11) is 0. The standard InChI is InChI=1S/C15H28N4O2/c1-15(2)10-18(7-5-12(15)16)9-13(20)19-6-3-4-11(8-19)14(17)21/h11-12H,3-10,16H2,1-2H3,(H2,17,21). The van der Waals surface area contributed by atoms with Crippen LogP contribution in [0.4, 0.5) is 0 Å². The summed E-state index contributed by atoms with van der Waals surface area (Å²) < 4.78 is 0. The minimum Gasteiger partial charge on any atom is -0.369 e. The molecule has 4 N–H and O–H groups in total. The molecule has 2 heterocycles. The fourth-order valence-electron chi connectivity index (χ4n) is 3.35. The van der Waals surface area contributed by atoms with Crippen LogP contribution in [0.25, 0.3) is 0 Å². The molecular formula is C15H28N4O2. The van der Waals surface area contributed by atoms with E-state index in [1.54, 1.807) is 4.90 Å².